The molecule has 1 aliphatic heterocycles. The van der Waals surface area contributed by atoms with E-state index in [1.54, 1.807) is 0 Å². The molecule has 2 fully saturated rings. The summed E-state index contributed by atoms with van der Waals surface area (Å²) < 4.78 is 0. The Morgan fingerprint density at radius 1 is 1.24 bits per heavy atom. The van der Waals surface area contributed by atoms with Gasteiger partial charge in [-0.3, -0.25) is 4.79 Å². The molecule has 1 heterocycles. The van der Waals surface area contributed by atoms with Crippen molar-refractivity contribution in [3.05, 3.63) is 0 Å². The molecule has 2 aliphatic rings. The van der Waals surface area contributed by atoms with E-state index in [2.05, 4.69) is 24.5 Å². The minimum atomic E-state index is 0.246. The molecule has 4 unspecified atom stereocenters. The van der Waals surface area contributed by atoms with Crippen molar-refractivity contribution in [1.82, 2.24) is 10.6 Å². The molecule has 0 aromatic rings. The predicted molar refractivity (Wildman–Crippen MR) is 69.8 cm³/mol. The highest BCUT2D eigenvalue weighted by molar-refractivity contribution is 5.76. The van der Waals surface area contributed by atoms with Crippen LogP contribution in [0, 0.1) is 11.8 Å². The van der Waals surface area contributed by atoms with E-state index in [9.17, 15) is 4.79 Å². The lowest BCUT2D eigenvalue weighted by Gasteiger charge is -2.32. The zero-order valence-electron chi connectivity index (χ0n) is 11.2. The fourth-order valence-electron chi connectivity index (χ4n) is 3.12. The molecule has 3 heteroatoms. The van der Waals surface area contributed by atoms with Crippen LogP contribution in [0.1, 0.15) is 52.4 Å². The van der Waals surface area contributed by atoms with E-state index in [1.165, 1.54) is 12.8 Å². The van der Waals surface area contributed by atoms with E-state index >= 15 is 0 Å². The average molecular weight is 238 g/mol. The summed E-state index contributed by atoms with van der Waals surface area (Å²) in [7, 11) is 0. The molecule has 3 nitrogen and oxygen atoms in total. The third kappa shape index (κ3) is 3.70. The van der Waals surface area contributed by atoms with Crippen LogP contribution in [0.25, 0.3) is 0 Å². The highest BCUT2D eigenvalue weighted by Crippen LogP contribution is 2.29. The summed E-state index contributed by atoms with van der Waals surface area (Å²) in [5.74, 6) is 1.81. The molecule has 1 aliphatic carbocycles. The highest BCUT2D eigenvalue weighted by Gasteiger charge is 2.26. The second-order valence-electron chi connectivity index (χ2n) is 6.03. The number of nitrogens with one attached hydrogen (secondary N) is 2. The van der Waals surface area contributed by atoms with Crippen LogP contribution in [0.3, 0.4) is 0 Å². The second-order valence-corrected chi connectivity index (χ2v) is 6.03. The number of hydrogen-bond donors (Lipinski definition) is 2. The molecule has 0 aromatic heterocycles. The first-order valence-corrected chi connectivity index (χ1v) is 7.18. The van der Waals surface area contributed by atoms with Gasteiger partial charge in [0.15, 0.2) is 0 Å². The van der Waals surface area contributed by atoms with E-state index in [4.69, 9.17) is 0 Å². The Morgan fingerprint density at radius 2 is 2.06 bits per heavy atom. The molecule has 2 N–H and O–H groups in total. The topological polar surface area (TPSA) is 41.1 Å². The van der Waals surface area contributed by atoms with Crippen molar-refractivity contribution in [2.75, 3.05) is 6.54 Å². The van der Waals surface area contributed by atoms with Crippen molar-refractivity contribution >= 4 is 5.91 Å². The first kappa shape index (κ1) is 12.9. The Labute approximate surface area is 105 Å². The molecule has 1 saturated heterocycles. The quantitative estimate of drug-likeness (QED) is 0.790. The Morgan fingerprint density at radius 3 is 2.71 bits per heavy atom. The number of amides is 1. The Hall–Kier alpha value is -0.570. The SMILES string of the molecule is CC1CCC(NC(=O)CC2CCCN2)CC1C. The van der Waals surface area contributed by atoms with Gasteiger partial charge >= 0.3 is 0 Å². The van der Waals surface area contributed by atoms with Crippen molar-refractivity contribution in [3.63, 3.8) is 0 Å². The first-order valence-electron chi connectivity index (χ1n) is 7.18. The molecule has 0 aromatic carbocycles. The van der Waals surface area contributed by atoms with E-state index in [1.807, 2.05) is 0 Å². The Kier molecular flexibility index (Phi) is 4.43. The third-order valence-electron chi connectivity index (χ3n) is 4.56. The maximum atomic E-state index is 11.9. The van der Waals surface area contributed by atoms with Crippen molar-refractivity contribution in [2.24, 2.45) is 11.8 Å². The fourth-order valence-corrected chi connectivity index (χ4v) is 3.12. The van der Waals surface area contributed by atoms with E-state index < -0.39 is 0 Å². The molecular formula is C14H26N2O. The third-order valence-corrected chi connectivity index (χ3v) is 4.56. The standard InChI is InChI=1S/C14H26N2O/c1-10-5-6-13(8-11(10)2)16-14(17)9-12-4-3-7-15-12/h10-13,15H,3-9H2,1-2H3,(H,16,17). The van der Waals surface area contributed by atoms with Gasteiger partial charge in [0.25, 0.3) is 0 Å². The van der Waals surface area contributed by atoms with Gasteiger partial charge in [-0.05, 0) is 50.5 Å². The van der Waals surface area contributed by atoms with Gasteiger partial charge in [0.1, 0.15) is 0 Å². The summed E-state index contributed by atoms with van der Waals surface area (Å²) in [5, 5.41) is 6.60. The molecule has 2 rings (SSSR count). The minimum Gasteiger partial charge on any atom is -0.353 e. The average Bonchev–Trinajstić information content (AvgIpc) is 2.76. The summed E-state index contributed by atoms with van der Waals surface area (Å²) in [4.78, 5) is 11.9. The van der Waals surface area contributed by atoms with Crippen molar-refractivity contribution in [1.29, 1.82) is 0 Å². The van der Waals surface area contributed by atoms with Gasteiger partial charge in [0.05, 0.1) is 0 Å². The molecule has 0 radical (unpaired) electrons. The van der Waals surface area contributed by atoms with E-state index in [0.29, 0.717) is 18.5 Å². The lowest BCUT2D eigenvalue weighted by atomic mass is 9.79. The summed E-state index contributed by atoms with van der Waals surface area (Å²) in [6.07, 6.45) is 6.62. The maximum absolute atomic E-state index is 11.9. The normalized spacial score (nSPS) is 38.0. The number of rotatable bonds is 3. The van der Waals surface area contributed by atoms with Crippen LogP contribution in [0.4, 0.5) is 0 Å². The lowest BCUT2D eigenvalue weighted by molar-refractivity contribution is -0.122. The van der Waals surface area contributed by atoms with Crippen LogP contribution < -0.4 is 10.6 Å². The van der Waals surface area contributed by atoms with Gasteiger partial charge in [-0.15, -0.1) is 0 Å². The summed E-state index contributed by atoms with van der Waals surface area (Å²) in [6, 6.07) is 0.852. The minimum absolute atomic E-state index is 0.246. The van der Waals surface area contributed by atoms with Crippen LogP contribution >= 0.6 is 0 Å². The van der Waals surface area contributed by atoms with Crippen molar-refractivity contribution < 1.29 is 4.79 Å². The van der Waals surface area contributed by atoms with Crippen LogP contribution in [0.15, 0.2) is 0 Å². The van der Waals surface area contributed by atoms with Crippen molar-refractivity contribution in [2.45, 2.75) is 64.5 Å². The van der Waals surface area contributed by atoms with Crippen LogP contribution in [0.2, 0.25) is 0 Å². The summed E-state index contributed by atoms with van der Waals surface area (Å²) in [5.41, 5.74) is 0. The second kappa shape index (κ2) is 5.85. The highest BCUT2D eigenvalue weighted by atomic mass is 16.1. The van der Waals surface area contributed by atoms with Crippen molar-refractivity contribution in [3.8, 4) is 0 Å². The molecule has 1 amide bonds. The van der Waals surface area contributed by atoms with E-state index in [0.717, 1.165) is 37.6 Å². The largest absolute Gasteiger partial charge is 0.353 e. The molecule has 0 bridgehead atoms. The molecular weight excluding hydrogens is 212 g/mol. The monoisotopic (exact) mass is 238 g/mol. The van der Waals surface area contributed by atoms with Crippen LogP contribution in [0.5, 0.6) is 0 Å². The van der Waals surface area contributed by atoms with Gasteiger partial charge in [-0.1, -0.05) is 13.8 Å². The molecule has 98 valence electrons. The molecule has 1 saturated carbocycles. The molecule has 17 heavy (non-hydrogen) atoms. The van der Waals surface area contributed by atoms with Gasteiger partial charge in [0.2, 0.25) is 5.91 Å². The number of carbonyl (C=O) groups is 1. The van der Waals surface area contributed by atoms with Gasteiger partial charge in [-0.2, -0.15) is 0 Å². The van der Waals surface area contributed by atoms with Gasteiger partial charge < -0.3 is 10.6 Å². The first-order chi connectivity index (χ1) is 8.15. The zero-order chi connectivity index (χ0) is 12.3. The van der Waals surface area contributed by atoms with Gasteiger partial charge in [0, 0.05) is 18.5 Å². The zero-order valence-corrected chi connectivity index (χ0v) is 11.2. The predicted octanol–water partition coefficient (Wildman–Crippen LogP) is 2.07. The molecule has 4 atom stereocenters. The fraction of sp³-hybridized carbons (Fsp3) is 0.929. The Balaban J connectivity index is 1.71. The molecule has 0 spiro atoms. The van der Waals surface area contributed by atoms with E-state index in [-0.39, 0.29) is 5.91 Å². The maximum Gasteiger partial charge on any atom is 0.221 e. The van der Waals surface area contributed by atoms with Gasteiger partial charge in [-0.25, -0.2) is 0 Å². The smallest absolute Gasteiger partial charge is 0.221 e. The van der Waals surface area contributed by atoms with Crippen LogP contribution in [-0.4, -0.2) is 24.5 Å². The number of hydrogen-bond acceptors (Lipinski definition) is 2. The summed E-state index contributed by atoms with van der Waals surface area (Å²) >= 11 is 0. The van der Waals surface area contributed by atoms with Crippen LogP contribution in [-0.2, 0) is 4.79 Å². The summed E-state index contributed by atoms with van der Waals surface area (Å²) in [6.45, 7) is 5.71. The lowest BCUT2D eigenvalue weighted by Crippen LogP contribution is -2.41. The Bertz CT molecular complexity index is 261. The number of carbonyl (C=O) groups excluding carboxylic acids is 1.